The Bertz CT molecular complexity index is 54.3. The highest BCUT2D eigenvalue weighted by Crippen LogP contribution is 1.81. The molecular weight excluding hydrogens is 162 g/mol. The molecule has 0 amide bonds. The molecule has 0 aliphatic rings. The van der Waals surface area contributed by atoms with E-state index in [0.29, 0.717) is 0 Å². The van der Waals surface area contributed by atoms with Crippen LogP contribution >= 0.6 is 0 Å². The third kappa shape index (κ3) is 13.1. The molecule has 5 heteroatoms. The van der Waals surface area contributed by atoms with Crippen LogP contribution in [0.4, 0.5) is 0 Å². The molecule has 0 spiro atoms. The predicted molar refractivity (Wildman–Crippen MR) is 46.1 cm³/mol. The lowest BCUT2D eigenvalue weighted by molar-refractivity contribution is 0.163. The Morgan fingerprint density at radius 1 is 1.09 bits per heavy atom. The monoisotopic (exact) mass is 180 g/mol. The highest BCUT2D eigenvalue weighted by Gasteiger charge is 2.09. The van der Waals surface area contributed by atoms with Crippen molar-refractivity contribution in [1.29, 1.82) is 0 Å². The van der Waals surface area contributed by atoms with E-state index in [-0.39, 0.29) is 0 Å². The molecule has 69 valence electrons. The lowest BCUT2D eigenvalue weighted by Crippen LogP contribution is -2.21. The summed E-state index contributed by atoms with van der Waals surface area (Å²) in [4.78, 5) is 0. The fourth-order valence-corrected chi connectivity index (χ4v) is 0.750. The largest absolute Gasteiger partial charge is 0.576 e. The summed E-state index contributed by atoms with van der Waals surface area (Å²) in [6.07, 6.45) is 1.10. The molecule has 0 heterocycles. The van der Waals surface area contributed by atoms with Gasteiger partial charge in [-0.25, -0.2) is 0 Å². The number of nitrogens with two attached hydrogens (primary N) is 1. The summed E-state index contributed by atoms with van der Waals surface area (Å²) in [5.41, 5.74) is 5.03. The lowest BCUT2D eigenvalue weighted by Gasteiger charge is -2.02. The highest BCUT2D eigenvalue weighted by atomic mass is 28.3. The molecule has 0 rings (SSSR count). The van der Waals surface area contributed by atoms with Gasteiger partial charge < -0.3 is 19.0 Å². The lowest BCUT2D eigenvalue weighted by atomic mass is 10.5. The number of hydrogen-bond acceptors (Lipinski definition) is 4. The average molecular weight is 180 g/mol. The molecule has 0 aromatic rings. The molecule has 4 nitrogen and oxygen atoms in total. The molecule has 0 aromatic heterocycles. The van der Waals surface area contributed by atoms with E-state index in [0.717, 1.165) is 13.0 Å². The van der Waals surface area contributed by atoms with Crippen LogP contribution in [0.15, 0.2) is 0 Å². The van der Waals surface area contributed by atoms with Gasteiger partial charge in [0.2, 0.25) is 0 Å². The molecule has 0 aliphatic heterocycles. The molecule has 0 aromatic carbocycles. The average Bonchev–Trinajstić information content (AvgIpc) is 2.08. The molecule has 0 aliphatic carbocycles. The summed E-state index contributed by atoms with van der Waals surface area (Å²) in [6.45, 7) is 2.88. The minimum atomic E-state index is -1.36. The smallest absolute Gasteiger partial charge is 0.375 e. The minimum absolute atomic E-state index is 0.819. The maximum absolute atomic E-state index is 5.03. The van der Waals surface area contributed by atoms with E-state index in [4.69, 9.17) is 19.0 Å². The van der Waals surface area contributed by atoms with Crippen molar-refractivity contribution >= 4 is 9.53 Å². The molecule has 0 unspecified atom stereocenters. The van der Waals surface area contributed by atoms with Crippen LogP contribution in [0.1, 0.15) is 13.3 Å². The summed E-state index contributed by atoms with van der Waals surface area (Å²) in [5.74, 6) is 0. The van der Waals surface area contributed by atoms with Crippen molar-refractivity contribution in [2.45, 2.75) is 13.3 Å². The van der Waals surface area contributed by atoms with Crippen LogP contribution in [-0.2, 0) is 13.3 Å². The van der Waals surface area contributed by atoms with Crippen LogP contribution in [0.5, 0.6) is 0 Å². The first kappa shape index (κ1) is 13.6. The number of rotatable bonds is 4. The van der Waals surface area contributed by atoms with Crippen molar-refractivity contribution in [2.75, 3.05) is 27.9 Å². The van der Waals surface area contributed by atoms with Crippen molar-refractivity contribution in [2.24, 2.45) is 5.73 Å². The molecule has 11 heavy (non-hydrogen) atoms. The SMILES string of the molecule is CCCN.CO[Si](OC)OC. The Labute approximate surface area is 70.6 Å². The summed E-state index contributed by atoms with van der Waals surface area (Å²) in [6, 6.07) is 0. The van der Waals surface area contributed by atoms with Gasteiger partial charge in [0.1, 0.15) is 0 Å². The molecular formula is C6H18NO3Si. The van der Waals surface area contributed by atoms with Crippen molar-refractivity contribution in [3.05, 3.63) is 0 Å². The fourth-order valence-electron chi connectivity index (χ4n) is 0.250. The molecule has 0 saturated heterocycles. The normalized spacial score (nSPS) is 9.27. The first-order valence-electron chi connectivity index (χ1n) is 3.45. The van der Waals surface area contributed by atoms with Gasteiger partial charge in [-0.15, -0.1) is 0 Å². The fraction of sp³-hybridized carbons (Fsp3) is 1.00. The Balaban J connectivity index is 0. The van der Waals surface area contributed by atoms with Gasteiger partial charge in [0.05, 0.1) is 0 Å². The Hall–Kier alpha value is 0.0569. The predicted octanol–water partition coefficient (Wildman–Crippen LogP) is 0.266. The zero-order chi connectivity index (χ0) is 9.11. The second kappa shape index (κ2) is 12.7. The molecule has 0 saturated carbocycles. The first-order chi connectivity index (χ1) is 5.26. The molecule has 0 atom stereocenters. The van der Waals surface area contributed by atoms with Gasteiger partial charge in [-0.3, -0.25) is 0 Å². The third-order valence-electron chi connectivity index (χ3n) is 0.789. The zero-order valence-electron chi connectivity index (χ0n) is 7.72. The van der Waals surface area contributed by atoms with E-state index >= 15 is 0 Å². The Morgan fingerprint density at radius 3 is 1.36 bits per heavy atom. The summed E-state index contributed by atoms with van der Waals surface area (Å²) in [7, 11) is 3.31. The van der Waals surface area contributed by atoms with E-state index < -0.39 is 9.53 Å². The topological polar surface area (TPSA) is 53.7 Å². The summed E-state index contributed by atoms with van der Waals surface area (Å²) >= 11 is 0. The molecule has 1 radical (unpaired) electrons. The van der Waals surface area contributed by atoms with Crippen LogP contribution in [0, 0.1) is 0 Å². The van der Waals surface area contributed by atoms with Crippen molar-refractivity contribution in [3.63, 3.8) is 0 Å². The van der Waals surface area contributed by atoms with Crippen molar-refractivity contribution < 1.29 is 13.3 Å². The van der Waals surface area contributed by atoms with Crippen LogP contribution in [0.2, 0.25) is 0 Å². The van der Waals surface area contributed by atoms with Crippen LogP contribution in [0.3, 0.4) is 0 Å². The molecule has 2 N–H and O–H groups in total. The van der Waals surface area contributed by atoms with E-state index in [1.54, 1.807) is 21.3 Å². The maximum Gasteiger partial charge on any atom is 0.576 e. The Kier molecular flexibility index (Phi) is 15.8. The van der Waals surface area contributed by atoms with Crippen LogP contribution in [-0.4, -0.2) is 37.4 Å². The van der Waals surface area contributed by atoms with Gasteiger partial charge in [-0.05, 0) is 13.0 Å². The highest BCUT2D eigenvalue weighted by molar-refractivity contribution is 6.36. The van der Waals surface area contributed by atoms with E-state index in [2.05, 4.69) is 6.92 Å². The summed E-state index contributed by atoms with van der Waals surface area (Å²) in [5, 5.41) is 0. The minimum Gasteiger partial charge on any atom is -0.375 e. The van der Waals surface area contributed by atoms with E-state index in [1.807, 2.05) is 0 Å². The second-order valence-corrected chi connectivity index (χ2v) is 3.38. The van der Waals surface area contributed by atoms with Gasteiger partial charge in [0, 0.05) is 21.3 Å². The van der Waals surface area contributed by atoms with Gasteiger partial charge in [-0.2, -0.15) is 0 Å². The third-order valence-corrected chi connectivity index (χ3v) is 1.79. The van der Waals surface area contributed by atoms with Crippen molar-refractivity contribution in [3.8, 4) is 0 Å². The van der Waals surface area contributed by atoms with Crippen LogP contribution in [0.25, 0.3) is 0 Å². The molecule has 0 fully saturated rings. The quantitative estimate of drug-likeness (QED) is 0.631. The van der Waals surface area contributed by atoms with Gasteiger partial charge in [0.15, 0.2) is 0 Å². The Morgan fingerprint density at radius 2 is 1.36 bits per heavy atom. The summed E-state index contributed by atoms with van der Waals surface area (Å²) < 4.78 is 14.1. The van der Waals surface area contributed by atoms with Crippen molar-refractivity contribution in [1.82, 2.24) is 0 Å². The number of hydrogen-bond donors (Lipinski definition) is 1. The van der Waals surface area contributed by atoms with Gasteiger partial charge in [0.25, 0.3) is 0 Å². The van der Waals surface area contributed by atoms with Crippen LogP contribution < -0.4 is 5.73 Å². The van der Waals surface area contributed by atoms with E-state index in [1.165, 1.54) is 0 Å². The first-order valence-corrected chi connectivity index (χ1v) is 4.68. The maximum atomic E-state index is 5.03. The molecule has 0 bridgehead atoms. The van der Waals surface area contributed by atoms with Gasteiger partial charge >= 0.3 is 9.53 Å². The van der Waals surface area contributed by atoms with Gasteiger partial charge in [-0.1, -0.05) is 6.92 Å². The second-order valence-electron chi connectivity index (χ2n) is 1.65. The zero-order valence-corrected chi connectivity index (χ0v) is 8.72. The van der Waals surface area contributed by atoms with E-state index in [9.17, 15) is 0 Å². The standard InChI is InChI=1S/C3H9N.C3H9O3Si/c1-2-3-4;1-4-7(5-2)6-3/h2-4H2,1H3;1-3H3.